The molecule has 0 radical (unpaired) electrons. The molecular weight excluding hydrogens is 1240 g/mol. The zero-order valence-electron chi connectivity index (χ0n) is 62.8. The van der Waals surface area contributed by atoms with Gasteiger partial charge in [0.1, 0.15) is 11.3 Å². The summed E-state index contributed by atoms with van der Waals surface area (Å²) in [5.74, 6) is 0.993. The van der Waals surface area contributed by atoms with E-state index in [-0.39, 0.29) is 88.2 Å². The van der Waals surface area contributed by atoms with Gasteiger partial charge < -0.3 is 22.9 Å². The predicted octanol–water partition coefficient (Wildman–Crippen LogP) is 17.0. The van der Waals surface area contributed by atoms with Crippen LogP contribution in [0.5, 0.6) is 11.5 Å². The number of ether oxygens (including phenoxy) is 1. The number of hydrogen-bond donors (Lipinski definition) is 0. The number of imidazole rings is 1. The second-order valence-electron chi connectivity index (χ2n) is 22.7. The van der Waals surface area contributed by atoms with Crippen LogP contribution >= 0.6 is 0 Å². The van der Waals surface area contributed by atoms with E-state index in [2.05, 4.69) is 90.8 Å². The summed E-state index contributed by atoms with van der Waals surface area (Å²) in [6, 6.07) is 55.2. The van der Waals surface area contributed by atoms with Crippen LogP contribution in [-0.4, -0.2) is 30.0 Å². The molecule has 0 spiro atoms. The molecular formula is C78H55BN6OPt-2. The first-order valence-electron chi connectivity index (χ1n) is 36.3. The van der Waals surface area contributed by atoms with Crippen LogP contribution in [0.4, 0.5) is 0 Å². The molecule has 418 valence electrons. The molecule has 1 aliphatic rings. The first-order valence-corrected chi connectivity index (χ1v) is 28.3. The Morgan fingerprint density at radius 3 is 1.78 bits per heavy atom. The van der Waals surface area contributed by atoms with Crippen LogP contribution in [0.1, 0.15) is 59.4 Å². The number of pyridine rings is 1. The summed E-state index contributed by atoms with van der Waals surface area (Å²) in [6.07, 6.45) is 5.41. The number of benzene rings is 11. The Balaban J connectivity index is 0.00000819. The van der Waals surface area contributed by atoms with Crippen molar-refractivity contribution >= 4 is 94.2 Å². The molecule has 5 aromatic heterocycles. The molecule has 7 nitrogen and oxygen atoms in total. The molecule has 11 aromatic carbocycles. The van der Waals surface area contributed by atoms with Gasteiger partial charge in [-0.3, -0.25) is 4.57 Å². The van der Waals surface area contributed by atoms with Crippen molar-refractivity contribution in [1.82, 2.24) is 23.2 Å². The van der Waals surface area contributed by atoms with E-state index in [9.17, 15) is 13.7 Å². The Bertz CT molecular complexity index is 6130. The van der Waals surface area contributed by atoms with Crippen LogP contribution < -0.4 is 20.2 Å². The molecule has 0 amide bonds. The van der Waals surface area contributed by atoms with Crippen molar-refractivity contribution in [3.63, 3.8) is 0 Å². The van der Waals surface area contributed by atoms with Crippen LogP contribution in [0.3, 0.4) is 0 Å². The molecule has 0 aliphatic carbocycles. The minimum Gasteiger partial charge on any atom is -0.508 e. The largest absolute Gasteiger partial charge is 0.508 e. The first kappa shape index (κ1) is 38.1. The normalized spacial score (nSPS) is 15.2. The minimum absolute atomic E-state index is 0. The summed E-state index contributed by atoms with van der Waals surface area (Å²) in [5.41, 5.74) is 5.84. The monoisotopic (exact) mass is 1310 g/mol. The van der Waals surface area contributed by atoms with Gasteiger partial charge in [-0.15, -0.1) is 29.7 Å². The molecule has 16 aromatic rings. The molecule has 87 heavy (non-hydrogen) atoms. The Morgan fingerprint density at radius 1 is 0.563 bits per heavy atom. The van der Waals surface area contributed by atoms with E-state index in [1.54, 1.807) is 33.5 Å². The maximum Gasteiger partial charge on any atom is 0.268 e. The van der Waals surface area contributed by atoms with Gasteiger partial charge in [-0.1, -0.05) is 230 Å². The average molecular weight is 1310 g/mol. The maximum atomic E-state index is 9.47. The Kier molecular flexibility index (Phi) is 8.79. The fraction of sp³-hybridized carbons (Fsp3) is 0.0769. The summed E-state index contributed by atoms with van der Waals surface area (Å²) in [4.78, 5) is 4.99. The number of fused-ring (bicyclic) bond motifs is 11. The summed E-state index contributed by atoms with van der Waals surface area (Å²) >= 11 is 0. The third-order valence-electron chi connectivity index (χ3n) is 16.9. The van der Waals surface area contributed by atoms with Crippen molar-refractivity contribution in [2.75, 3.05) is 0 Å². The smallest absolute Gasteiger partial charge is 0.268 e. The van der Waals surface area contributed by atoms with E-state index in [0.717, 1.165) is 43.7 Å². The van der Waals surface area contributed by atoms with Crippen LogP contribution in [0.15, 0.2) is 243 Å². The third kappa shape index (κ3) is 8.00. The average Bonchev–Trinajstić information content (AvgIpc) is 1.53. The molecule has 0 unspecified atom stereocenters. The summed E-state index contributed by atoms with van der Waals surface area (Å²) in [5, 5.41) is 5.06. The van der Waals surface area contributed by atoms with Gasteiger partial charge in [0.25, 0.3) is 13.2 Å². The molecule has 0 bridgehead atoms. The van der Waals surface area contributed by atoms with Gasteiger partial charge in [-0.05, 0) is 100 Å². The number of rotatable bonds is 8. The zero-order chi connectivity index (χ0) is 71.2. The number of hydrogen-bond acceptors (Lipinski definition) is 2. The van der Waals surface area contributed by atoms with Crippen molar-refractivity contribution in [3.05, 3.63) is 278 Å². The van der Waals surface area contributed by atoms with E-state index in [4.69, 9.17) is 17.9 Å². The molecule has 0 fully saturated rings. The van der Waals surface area contributed by atoms with Gasteiger partial charge in [0.2, 0.25) is 0 Å². The topological polar surface area (TPSA) is 45.7 Å². The van der Waals surface area contributed by atoms with Crippen molar-refractivity contribution in [1.29, 1.82) is 0 Å². The van der Waals surface area contributed by atoms with Crippen LogP contribution in [0.25, 0.3) is 122 Å². The van der Waals surface area contributed by atoms with Crippen LogP contribution in [-0.2, 0) is 26.5 Å². The predicted molar refractivity (Wildman–Crippen MR) is 353 cm³/mol. The van der Waals surface area contributed by atoms with Gasteiger partial charge in [0.05, 0.1) is 24.9 Å². The standard InChI is InChI=1S/C78H55BN6O.Pt/c1-49-22-20-23-50(2)74(49)79-63-40-38-54(86-72-47-69-62(46-71(72)83-64-34-16-12-28-57(64)58-29-13-17-35-65(58)83)60-31-14-18-36-66(60)84(69)73-44-53(42-43-80-73)78(3,4)5)45-70(63)82-48-81(68-41-39-61-59-30-15-19-37-67(59)85(79)76(61)77(68)82)75-55(51-24-8-6-9-25-51)32-21-33-56(75)52-26-10-7-11-27-52;/h6-44,46H,1-5H3;/q-2;/i1D3,2D3,6D,7D,8D,9D,10D,11D,24D,25D,26D,27D;. The minimum atomic E-state index is -2.88. The van der Waals surface area contributed by atoms with Crippen LogP contribution in [0.2, 0.25) is 0 Å². The van der Waals surface area contributed by atoms with E-state index in [1.165, 1.54) is 36.4 Å². The quantitative estimate of drug-likeness (QED) is 0.0865. The molecule has 0 atom stereocenters. The van der Waals surface area contributed by atoms with E-state index >= 15 is 0 Å². The maximum absolute atomic E-state index is 9.47. The van der Waals surface area contributed by atoms with Gasteiger partial charge in [0, 0.05) is 96.1 Å². The SMILES string of the molecule is [2H]c1c([2H])c([2H])c(-c2cccc(-c3c([2H])c([2H])c([2H])c([2H])c3[2H])c2-[n+]2[c-]n3c4c5c(ccc42)c2ccccc2n5B(c2c(C([2H])([2H])[2H])cccc2C([2H])([2H])[2H])c2ccc(Oc4[c-]c5c(cc4-n4c6ccccc6c6ccccc64)c4ccccc4n5-c4cc(C(C)(C)C)ccn4)[c-]c2-3)c([2H])c1[2H].[Pt]. The number of para-hydroxylation sites is 5. The Labute approximate surface area is 541 Å². The number of nitrogens with zero attached hydrogens (tertiary/aromatic N) is 6. The number of aryl methyl sites for hydroxylation is 2. The molecule has 9 heteroatoms. The third-order valence-corrected chi connectivity index (χ3v) is 16.9. The van der Waals surface area contributed by atoms with Gasteiger partial charge in [0.15, 0.2) is 0 Å². The molecule has 6 heterocycles. The van der Waals surface area contributed by atoms with Gasteiger partial charge in [-0.25, -0.2) is 4.98 Å². The Hall–Kier alpha value is -10.0. The van der Waals surface area contributed by atoms with Gasteiger partial charge in [-0.2, -0.15) is 6.07 Å². The fourth-order valence-corrected chi connectivity index (χ4v) is 13.1. The summed E-state index contributed by atoms with van der Waals surface area (Å²) in [7, 11) is 0. The van der Waals surface area contributed by atoms with Gasteiger partial charge >= 0.3 is 0 Å². The van der Waals surface area contributed by atoms with E-state index in [0.29, 0.717) is 55.3 Å². The van der Waals surface area contributed by atoms with Crippen molar-refractivity contribution < 1.29 is 52.3 Å². The fourth-order valence-electron chi connectivity index (χ4n) is 13.1. The van der Waals surface area contributed by atoms with Crippen molar-refractivity contribution in [2.24, 2.45) is 0 Å². The molecule has 1 aliphatic heterocycles. The Morgan fingerprint density at radius 2 is 1.15 bits per heavy atom. The molecule has 17 rings (SSSR count). The number of aromatic nitrogens is 6. The van der Waals surface area contributed by atoms with Crippen LogP contribution in [0, 0.1) is 32.2 Å². The molecule has 0 saturated carbocycles. The first-order chi connectivity index (χ1) is 48.7. The second kappa shape index (κ2) is 20.1. The van der Waals surface area contributed by atoms with E-state index < -0.39 is 81.0 Å². The summed E-state index contributed by atoms with van der Waals surface area (Å²) < 4.78 is 163. The summed E-state index contributed by atoms with van der Waals surface area (Å²) in [6.45, 7) is -0.611. The van der Waals surface area contributed by atoms with E-state index in [1.807, 2.05) is 83.3 Å². The molecule has 0 saturated heterocycles. The van der Waals surface area contributed by atoms with Crippen molar-refractivity contribution in [2.45, 2.75) is 39.9 Å². The second-order valence-corrected chi connectivity index (χ2v) is 22.7. The zero-order valence-corrected chi connectivity index (χ0v) is 49.1. The van der Waals surface area contributed by atoms with Crippen molar-refractivity contribution in [3.8, 4) is 56.6 Å². The molecule has 0 N–H and O–H groups in total.